The molecule has 3 nitrogen and oxygen atoms in total. The fourth-order valence-corrected chi connectivity index (χ4v) is 2.05. The van der Waals surface area contributed by atoms with Gasteiger partial charge in [-0.2, -0.15) is 0 Å². The maximum atomic E-state index is 9.26. The molecule has 1 aliphatic carbocycles. The molecule has 0 aliphatic heterocycles. The quantitative estimate of drug-likeness (QED) is 0.797. The van der Waals surface area contributed by atoms with Crippen LogP contribution in [-0.4, -0.2) is 16.5 Å². The van der Waals surface area contributed by atoms with Crippen LogP contribution in [0.5, 0.6) is 5.75 Å². The summed E-state index contributed by atoms with van der Waals surface area (Å²) in [6.07, 6.45) is 3.60. The van der Waals surface area contributed by atoms with Crippen LogP contribution in [0.15, 0.2) is 65.7 Å². The summed E-state index contributed by atoms with van der Waals surface area (Å²) in [7, 11) is 0. The minimum Gasteiger partial charge on any atom is -0.508 e. The Kier molecular flexibility index (Phi) is 2.72. The Morgan fingerprint density at radius 1 is 0.842 bits per heavy atom. The van der Waals surface area contributed by atoms with Gasteiger partial charge < -0.3 is 10.5 Å². The number of nitrogens with one attached hydrogen (secondary N) is 1. The van der Waals surface area contributed by atoms with Crippen LogP contribution in [0, 0.1) is 5.41 Å². The number of aromatic hydroxyl groups is 1. The molecule has 19 heavy (non-hydrogen) atoms. The molecule has 0 saturated carbocycles. The summed E-state index contributed by atoms with van der Waals surface area (Å²) in [4.78, 5) is 4.56. The lowest BCUT2D eigenvalue weighted by atomic mass is 9.94. The standard InChI is InChI=1S/C16H12N2O/c17-15-9-10-16(14-4-2-1-3-13(14)15)18-11-5-7-12(19)8-6-11/h1-10,17,19H. The molecule has 3 rings (SSSR count). The van der Waals surface area contributed by atoms with E-state index in [2.05, 4.69) is 4.99 Å². The van der Waals surface area contributed by atoms with Crippen molar-refractivity contribution < 1.29 is 5.11 Å². The summed E-state index contributed by atoms with van der Waals surface area (Å²) in [5.74, 6) is 0.227. The van der Waals surface area contributed by atoms with E-state index in [-0.39, 0.29) is 5.75 Å². The van der Waals surface area contributed by atoms with Gasteiger partial charge in [0.15, 0.2) is 0 Å². The number of hydrogen-bond acceptors (Lipinski definition) is 3. The fourth-order valence-electron chi connectivity index (χ4n) is 2.05. The molecule has 2 aromatic rings. The lowest BCUT2D eigenvalue weighted by Crippen LogP contribution is -2.11. The second kappa shape index (κ2) is 4.53. The number of aliphatic imine (C=N–C) groups is 1. The van der Waals surface area contributed by atoms with E-state index < -0.39 is 0 Å². The number of hydrogen-bond donors (Lipinski definition) is 2. The summed E-state index contributed by atoms with van der Waals surface area (Å²) in [6, 6.07) is 14.5. The van der Waals surface area contributed by atoms with Crippen LogP contribution < -0.4 is 0 Å². The maximum Gasteiger partial charge on any atom is 0.115 e. The minimum absolute atomic E-state index is 0.227. The first kappa shape index (κ1) is 11.4. The number of rotatable bonds is 1. The van der Waals surface area contributed by atoms with Gasteiger partial charge in [0.2, 0.25) is 0 Å². The molecule has 2 N–H and O–H groups in total. The summed E-state index contributed by atoms with van der Waals surface area (Å²) < 4.78 is 0. The van der Waals surface area contributed by atoms with Gasteiger partial charge in [-0.25, -0.2) is 4.99 Å². The molecule has 2 aromatic carbocycles. The van der Waals surface area contributed by atoms with E-state index >= 15 is 0 Å². The zero-order chi connectivity index (χ0) is 13.2. The fraction of sp³-hybridized carbons (Fsp3) is 0. The molecule has 92 valence electrons. The van der Waals surface area contributed by atoms with Crippen molar-refractivity contribution in [3.63, 3.8) is 0 Å². The summed E-state index contributed by atoms with van der Waals surface area (Å²) in [5.41, 5.74) is 3.96. The van der Waals surface area contributed by atoms with E-state index in [4.69, 9.17) is 5.41 Å². The highest BCUT2D eigenvalue weighted by Crippen LogP contribution is 2.22. The van der Waals surface area contributed by atoms with Gasteiger partial charge in [0, 0.05) is 11.1 Å². The van der Waals surface area contributed by atoms with Gasteiger partial charge in [-0.15, -0.1) is 0 Å². The molecule has 0 aromatic heterocycles. The zero-order valence-electron chi connectivity index (χ0n) is 10.2. The van der Waals surface area contributed by atoms with E-state index in [1.54, 1.807) is 30.3 Å². The van der Waals surface area contributed by atoms with Crippen molar-refractivity contribution in [3.05, 3.63) is 71.8 Å². The average molecular weight is 248 g/mol. The Morgan fingerprint density at radius 2 is 1.53 bits per heavy atom. The van der Waals surface area contributed by atoms with Crippen LogP contribution in [0.1, 0.15) is 11.1 Å². The summed E-state index contributed by atoms with van der Waals surface area (Å²) in [6.45, 7) is 0. The number of phenolic OH excluding ortho intramolecular Hbond substituents is 1. The molecule has 0 amide bonds. The number of fused-ring (bicyclic) bond motifs is 1. The first-order valence-corrected chi connectivity index (χ1v) is 5.98. The van der Waals surface area contributed by atoms with Gasteiger partial charge in [0.1, 0.15) is 5.75 Å². The van der Waals surface area contributed by atoms with Crippen LogP contribution in [0.4, 0.5) is 5.69 Å². The van der Waals surface area contributed by atoms with Crippen LogP contribution in [0.25, 0.3) is 0 Å². The predicted molar refractivity (Wildman–Crippen MR) is 76.7 cm³/mol. The van der Waals surface area contributed by atoms with E-state index in [9.17, 15) is 5.11 Å². The van der Waals surface area contributed by atoms with E-state index in [1.165, 1.54) is 0 Å². The normalized spacial score (nSPS) is 15.6. The van der Waals surface area contributed by atoms with Gasteiger partial charge in [-0.1, -0.05) is 24.3 Å². The van der Waals surface area contributed by atoms with Crippen LogP contribution >= 0.6 is 0 Å². The number of benzene rings is 2. The Balaban J connectivity index is 2.08. The van der Waals surface area contributed by atoms with Gasteiger partial charge >= 0.3 is 0 Å². The van der Waals surface area contributed by atoms with Gasteiger partial charge in [-0.05, 0) is 36.4 Å². The highest BCUT2D eigenvalue weighted by atomic mass is 16.3. The average Bonchev–Trinajstić information content (AvgIpc) is 2.45. The maximum absolute atomic E-state index is 9.26. The smallest absolute Gasteiger partial charge is 0.115 e. The van der Waals surface area contributed by atoms with Gasteiger partial charge in [0.25, 0.3) is 0 Å². The molecule has 3 heteroatoms. The predicted octanol–water partition coefficient (Wildman–Crippen LogP) is 3.45. The largest absolute Gasteiger partial charge is 0.508 e. The van der Waals surface area contributed by atoms with Crippen molar-refractivity contribution in [1.82, 2.24) is 0 Å². The Bertz CT molecular complexity index is 697. The van der Waals surface area contributed by atoms with E-state index in [1.807, 2.05) is 30.3 Å². The van der Waals surface area contributed by atoms with E-state index in [0.717, 1.165) is 22.5 Å². The topological polar surface area (TPSA) is 56.4 Å². The molecule has 1 aliphatic rings. The summed E-state index contributed by atoms with van der Waals surface area (Å²) in [5, 5.41) is 17.2. The highest BCUT2D eigenvalue weighted by Gasteiger charge is 2.13. The van der Waals surface area contributed by atoms with Gasteiger partial charge in [-0.3, -0.25) is 0 Å². The molecular weight excluding hydrogens is 236 g/mol. The first-order chi connectivity index (χ1) is 9.24. The molecule has 0 spiro atoms. The Labute approximate surface area is 111 Å². The monoisotopic (exact) mass is 248 g/mol. The third-order valence-electron chi connectivity index (χ3n) is 3.00. The SMILES string of the molecule is N=C1C=CC(=Nc2ccc(O)cc2)c2ccccc21. The third-order valence-corrected chi connectivity index (χ3v) is 3.00. The van der Waals surface area contributed by atoms with Crippen LogP contribution in [0.3, 0.4) is 0 Å². The molecular formula is C16H12N2O. The molecule has 0 bridgehead atoms. The van der Waals surface area contributed by atoms with Crippen molar-refractivity contribution in [1.29, 1.82) is 5.41 Å². The van der Waals surface area contributed by atoms with Crippen LogP contribution in [0.2, 0.25) is 0 Å². The summed E-state index contributed by atoms with van der Waals surface area (Å²) >= 11 is 0. The molecule has 0 unspecified atom stereocenters. The van der Waals surface area contributed by atoms with Crippen molar-refractivity contribution in [3.8, 4) is 5.75 Å². The molecule has 0 saturated heterocycles. The van der Waals surface area contributed by atoms with Crippen molar-refractivity contribution in [2.45, 2.75) is 0 Å². The van der Waals surface area contributed by atoms with E-state index in [0.29, 0.717) is 5.71 Å². The number of allylic oxidation sites excluding steroid dienone is 2. The second-order valence-electron chi connectivity index (χ2n) is 4.31. The molecule has 0 radical (unpaired) electrons. The second-order valence-corrected chi connectivity index (χ2v) is 4.31. The zero-order valence-corrected chi connectivity index (χ0v) is 10.2. The highest BCUT2D eigenvalue weighted by molar-refractivity contribution is 6.25. The van der Waals surface area contributed by atoms with Crippen LogP contribution in [-0.2, 0) is 0 Å². The molecule has 0 atom stereocenters. The lowest BCUT2D eigenvalue weighted by molar-refractivity contribution is 0.475. The first-order valence-electron chi connectivity index (χ1n) is 5.98. The number of phenols is 1. The van der Waals surface area contributed by atoms with Crippen molar-refractivity contribution in [2.24, 2.45) is 4.99 Å². The minimum atomic E-state index is 0.227. The Morgan fingerprint density at radius 3 is 2.26 bits per heavy atom. The molecule has 0 fully saturated rings. The van der Waals surface area contributed by atoms with Crippen molar-refractivity contribution in [2.75, 3.05) is 0 Å². The third kappa shape index (κ3) is 2.18. The number of nitrogens with zero attached hydrogens (tertiary/aromatic N) is 1. The van der Waals surface area contributed by atoms with Gasteiger partial charge in [0.05, 0.1) is 17.1 Å². The Hall–Kier alpha value is -2.68. The lowest BCUT2D eigenvalue weighted by Gasteiger charge is -2.13. The molecule has 0 heterocycles. The van der Waals surface area contributed by atoms with Crippen molar-refractivity contribution >= 4 is 17.1 Å².